The lowest BCUT2D eigenvalue weighted by Crippen LogP contribution is -2.36. The van der Waals surface area contributed by atoms with Crippen molar-refractivity contribution in [3.05, 3.63) is 23.1 Å². The van der Waals surface area contributed by atoms with Crippen LogP contribution in [0.1, 0.15) is 44.3 Å². The number of thiazole rings is 1. The number of aryl methyl sites for hydroxylation is 3. The van der Waals surface area contributed by atoms with Crippen LogP contribution in [0.4, 0.5) is 11.8 Å². The topological polar surface area (TPSA) is 136 Å². The molecular formula is C24H34N6O3S. The molecule has 3 aromatic heterocycles. The summed E-state index contributed by atoms with van der Waals surface area (Å²) in [5.41, 5.74) is 4.21. The van der Waals surface area contributed by atoms with Crippen LogP contribution in [0.3, 0.4) is 0 Å². The van der Waals surface area contributed by atoms with Crippen LogP contribution >= 0.6 is 11.3 Å². The molecule has 3 heterocycles. The van der Waals surface area contributed by atoms with Crippen LogP contribution in [0.25, 0.3) is 20.8 Å². The number of aliphatic hydroxyl groups is 3. The molecule has 0 amide bonds. The van der Waals surface area contributed by atoms with Gasteiger partial charge in [-0.2, -0.15) is 4.98 Å². The second-order valence-electron chi connectivity index (χ2n) is 10.4. The van der Waals surface area contributed by atoms with E-state index in [1.807, 2.05) is 26.8 Å². The van der Waals surface area contributed by atoms with Gasteiger partial charge in [-0.15, -0.1) is 11.3 Å². The minimum Gasteiger partial charge on any atom is -0.396 e. The fourth-order valence-electron chi connectivity index (χ4n) is 4.32. The molecule has 0 aliphatic heterocycles. The lowest BCUT2D eigenvalue weighted by Gasteiger charge is -2.22. The highest BCUT2D eigenvalue weighted by Crippen LogP contribution is 2.38. The summed E-state index contributed by atoms with van der Waals surface area (Å²) in [5, 5.41) is 37.9. The molecule has 4 rings (SSSR count). The summed E-state index contributed by atoms with van der Waals surface area (Å²) < 4.78 is 1.04. The SMILES string of the molecule is Cc1cc2sc(-c3c(C)nc(NCC(C)(C)C)nc3NC3C[C@H](CO)[C@@H](O)[C@H]3O)nc2c(C)n1. The number of nitrogens with zero attached hydrogens (tertiary/aromatic N) is 4. The molecule has 0 bridgehead atoms. The van der Waals surface area contributed by atoms with Gasteiger partial charge in [-0.05, 0) is 38.7 Å². The van der Waals surface area contributed by atoms with Crippen molar-refractivity contribution < 1.29 is 15.3 Å². The van der Waals surface area contributed by atoms with E-state index in [0.29, 0.717) is 24.7 Å². The molecule has 3 aromatic rings. The predicted molar refractivity (Wildman–Crippen MR) is 135 cm³/mol. The Kier molecular flexibility index (Phi) is 6.78. The molecule has 34 heavy (non-hydrogen) atoms. The van der Waals surface area contributed by atoms with E-state index in [1.54, 1.807) is 11.3 Å². The van der Waals surface area contributed by atoms with E-state index in [2.05, 4.69) is 36.4 Å². The van der Waals surface area contributed by atoms with Crippen molar-refractivity contribution in [2.24, 2.45) is 11.3 Å². The first-order chi connectivity index (χ1) is 16.0. The fourth-order valence-corrected chi connectivity index (χ4v) is 5.53. The van der Waals surface area contributed by atoms with Crippen molar-refractivity contribution >= 4 is 33.3 Å². The number of hydrogen-bond donors (Lipinski definition) is 5. The Labute approximate surface area is 203 Å². The molecule has 1 aliphatic carbocycles. The smallest absolute Gasteiger partial charge is 0.224 e. The number of rotatable bonds is 6. The van der Waals surface area contributed by atoms with Crippen LogP contribution in [0.5, 0.6) is 0 Å². The number of aromatic nitrogens is 4. The molecule has 0 aromatic carbocycles. The summed E-state index contributed by atoms with van der Waals surface area (Å²) in [6.45, 7) is 12.7. The molecule has 5 N–H and O–H groups in total. The van der Waals surface area contributed by atoms with Crippen LogP contribution in [0.15, 0.2) is 6.07 Å². The maximum absolute atomic E-state index is 10.6. The lowest BCUT2D eigenvalue weighted by atomic mass is 9.97. The first kappa shape index (κ1) is 24.7. The standard InChI is InChI=1S/C24H34N6O3S/c1-11-7-16-18(13(3)26-11)29-22(34-16)17-12(2)27-23(25-10-24(4,5)6)30-21(17)28-15-8-14(9-31)19(32)20(15)33/h7,14-15,19-20,31-33H,8-10H2,1-6H3,(H2,25,27,28,30)/t14-,15?,19-,20+/m1/s1. The Morgan fingerprint density at radius 2 is 1.76 bits per heavy atom. The fraction of sp³-hybridized carbons (Fsp3) is 0.583. The third kappa shape index (κ3) is 5.00. The van der Waals surface area contributed by atoms with E-state index in [-0.39, 0.29) is 12.0 Å². The highest BCUT2D eigenvalue weighted by Gasteiger charge is 2.41. The Morgan fingerprint density at radius 1 is 1.03 bits per heavy atom. The average Bonchev–Trinajstić information content (AvgIpc) is 3.28. The number of fused-ring (bicyclic) bond motifs is 1. The van der Waals surface area contributed by atoms with Gasteiger partial charge in [0.15, 0.2) is 0 Å². The van der Waals surface area contributed by atoms with Crippen LogP contribution in [-0.2, 0) is 0 Å². The Bertz CT molecular complexity index is 1190. The third-order valence-corrected chi connectivity index (χ3v) is 7.14. The molecule has 1 fully saturated rings. The quantitative estimate of drug-likeness (QED) is 0.356. The second-order valence-corrected chi connectivity index (χ2v) is 11.4. The normalized spacial score (nSPS) is 23.0. The van der Waals surface area contributed by atoms with E-state index < -0.39 is 24.2 Å². The molecule has 1 saturated carbocycles. The van der Waals surface area contributed by atoms with Gasteiger partial charge >= 0.3 is 0 Å². The third-order valence-electron chi connectivity index (χ3n) is 6.12. The van der Waals surface area contributed by atoms with Crippen molar-refractivity contribution in [3.63, 3.8) is 0 Å². The van der Waals surface area contributed by atoms with Gasteiger partial charge in [0.2, 0.25) is 5.95 Å². The summed E-state index contributed by atoms with van der Waals surface area (Å²) in [6, 6.07) is 1.56. The maximum Gasteiger partial charge on any atom is 0.224 e. The van der Waals surface area contributed by atoms with Gasteiger partial charge in [-0.3, -0.25) is 4.98 Å². The monoisotopic (exact) mass is 486 g/mol. The van der Waals surface area contributed by atoms with Gasteiger partial charge in [0, 0.05) is 24.8 Å². The summed E-state index contributed by atoms with van der Waals surface area (Å²) >= 11 is 1.55. The molecule has 0 saturated heterocycles. The van der Waals surface area contributed by atoms with Crippen molar-refractivity contribution in [3.8, 4) is 10.6 Å². The molecule has 0 radical (unpaired) electrons. The Balaban J connectivity index is 1.78. The summed E-state index contributed by atoms with van der Waals surface area (Å²) in [6.07, 6.45) is -1.59. The number of nitrogens with one attached hydrogen (secondary N) is 2. The molecule has 0 spiro atoms. The van der Waals surface area contributed by atoms with Gasteiger partial charge in [-0.1, -0.05) is 20.8 Å². The zero-order chi connectivity index (χ0) is 24.8. The van der Waals surface area contributed by atoms with E-state index >= 15 is 0 Å². The van der Waals surface area contributed by atoms with E-state index in [0.717, 1.165) is 37.9 Å². The van der Waals surface area contributed by atoms with Crippen molar-refractivity contribution in [1.29, 1.82) is 0 Å². The highest BCUT2D eigenvalue weighted by atomic mass is 32.1. The summed E-state index contributed by atoms with van der Waals surface area (Å²) in [7, 11) is 0. The van der Waals surface area contributed by atoms with Crippen LogP contribution in [0, 0.1) is 32.1 Å². The average molecular weight is 487 g/mol. The summed E-state index contributed by atoms with van der Waals surface area (Å²) in [4.78, 5) is 18.9. The van der Waals surface area contributed by atoms with Crippen molar-refractivity contribution in [2.45, 2.75) is 66.2 Å². The zero-order valence-corrected chi connectivity index (χ0v) is 21.4. The minimum absolute atomic E-state index is 0.0407. The number of aliphatic hydroxyl groups excluding tert-OH is 3. The largest absolute Gasteiger partial charge is 0.396 e. The minimum atomic E-state index is -1.02. The first-order valence-electron chi connectivity index (χ1n) is 11.6. The van der Waals surface area contributed by atoms with E-state index in [9.17, 15) is 15.3 Å². The Morgan fingerprint density at radius 3 is 2.41 bits per heavy atom. The van der Waals surface area contributed by atoms with Gasteiger partial charge in [0.25, 0.3) is 0 Å². The Hall–Kier alpha value is -2.40. The zero-order valence-electron chi connectivity index (χ0n) is 20.5. The number of anilines is 2. The first-order valence-corrected chi connectivity index (χ1v) is 12.4. The predicted octanol–water partition coefficient (Wildman–Crippen LogP) is 3.05. The molecule has 10 heteroatoms. The number of hydrogen-bond acceptors (Lipinski definition) is 10. The van der Waals surface area contributed by atoms with Crippen molar-refractivity contribution in [2.75, 3.05) is 23.8 Å². The highest BCUT2D eigenvalue weighted by molar-refractivity contribution is 7.21. The molecule has 184 valence electrons. The molecule has 4 atom stereocenters. The van der Waals surface area contributed by atoms with Crippen LogP contribution < -0.4 is 10.6 Å². The van der Waals surface area contributed by atoms with Gasteiger partial charge in [-0.25, -0.2) is 9.97 Å². The van der Waals surface area contributed by atoms with Gasteiger partial charge in [0.05, 0.1) is 33.8 Å². The van der Waals surface area contributed by atoms with Crippen LogP contribution in [0.2, 0.25) is 0 Å². The van der Waals surface area contributed by atoms with E-state index in [1.165, 1.54) is 0 Å². The van der Waals surface area contributed by atoms with E-state index in [4.69, 9.17) is 15.0 Å². The van der Waals surface area contributed by atoms with Crippen LogP contribution in [-0.4, -0.2) is 66.7 Å². The molecule has 9 nitrogen and oxygen atoms in total. The molecular weight excluding hydrogens is 452 g/mol. The molecule has 1 aliphatic rings. The summed E-state index contributed by atoms with van der Waals surface area (Å²) in [5.74, 6) is 0.636. The molecule has 1 unspecified atom stereocenters. The second kappa shape index (κ2) is 9.33. The van der Waals surface area contributed by atoms with Gasteiger partial charge < -0.3 is 26.0 Å². The number of pyridine rings is 1. The maximum atomic E-state index is 10.6. The van der Waals surface area contributed by atoms with Gasteiger partial charge in [0.1, 0.15) is 22.4 Å². The van der Waals surface area contributed by atoms with Crippen molar-refractivity contribution in [1.82, 2.24) is 19.9 Å². The lowest BCUT2D eigenvalue weighted by molar-refractivity contribution is 0.00446.